The monoisotopic (exact) mass is 305 g/mol. The van der Waals surface area contributed by atoms with Crippen molar-refractivity contribution in [1.82, 2.24) is 4.90 Å². The van der Waals surface area contributed by atoms with Crippen LogP contribution in [-0.4, -0.2) is 42.2 Å². The predicted molar refractivity (Wildman–Crippen MR) is 70.9 cm³/mol. The lowest BCUT2D eigenvalue weighted by atomic mass is 10.2. The lowest BCUT2D eigenvalue weighted by molar-refractivity contribution is -0.139. The number of alkyl halides is 3. The number of nitrogens with zero attached hydrogens (tertiary/aromatic N) is 1. The first-order valence-electron chi connectivity index (χ1n) is 6.46. The number of halogens is 3. The molecule has 4 nitrogen and oxygen atoms in total. The van der Waals surface area contributed by atoms with E-state index in [0.717, 1.165) is 6.07 Å². The molecule has 0 saturated carbocycles. The number of amides is 1. The van der Waals surface area contributed by atoms with Gasteiger partial charge in [-0.25, -0.2) is 0 Å². The first-order chi connectivity index (χ1) is 9.75. The van der Waals surface area contributed by atoms with Crippen molar-refractivity contribution in [2.75, 3.05) is 20.2 Å². The lowest BCUT2D eigenvalue weighted by Gasteiger charge is -2.21. The van der Waals surface area contributed by atoms with Gasteiger partial charge in [0.15, 0.2) is 0 Å². The summed E-state index contributed by atoms with van der Waals surface area (Å²) in [5.41, 5.74) is -0.893. The zero-order chi connectivity index (χ0) is 16.0. The lowest BCUT2D eigenvalue weighted by Crippen LogP contribution is -2.36. The van der Waals surface area contributed by atoms with Crippen LogP contribution in [0.15, 0.2) is 24.3 Å². The van der Waals surface area contributed by atoms with Crippen molar-refractivity contribution in [1.29, 1.82) is 0 Å². The van der Waals surface area contributed by atoms with Gasteiger partial charge in [0.2, 0.25) is 5.91 Å². The van der Waals surface area contributed by atoms with Crippen LogP contribution in [-0.2, 0) is 11.0 Å². The van der Waals surface area contributed by atoms with E-state index in [4.69, 9.17) is 4.74 Å². The highest BCUT2D eigenvalue weighted by atomic mass is 19.4. The summed E-state index contributed by atoms with van der Waals surface area (Å²) < 4.78 is 43.2. The van der Waals surface area contributed by atoms with Gasteiger partial charge in [-0.1, -0.05) is 19.1 Å². The summed E-state index contributed by atoms with van der Waals surface area (Å²) in [5.74, 6) is -0.502. The summed E-state index contributed by atoms with van der Waals surface area (Å²) in [7, 11) is 1.51. The maximum Gasteiger partial charge on any atom is 0.419 e. The van der Waals surface area contributed by atoms with Crippen molar-refractivity contribution in [3.05, 3.63) is 29.8 Å². The van der Waals surface area contributed by atoms with Gasteiger partial charge >= 0.3 is 6.18 Å². The highest BCUT2D eigenvalue weighted by molar-refractivity contribution is 5.75. The van der Waals surface area contributed by atoms with E-state index in [1.54, 1.807) is 6.92 Å². The van der Waals surface area contributed by atoms with Gasteiger partial charge in [0.05, 0.1) is 5.56 Å². The molecule has 118 valence electrons. The number of para-hydroxylation sites is 1. The molecule has 1 unspecified atom stereocenters. The normalized spacial score (nSPS) is 12.9. The highest BCUT2D eigenvalue weighted by Crippen LogP contribution is 2.35. The largest absolute Gasteiger partial charge is 0.490 e. The van der Waals surface area contributed by atoms with Crippen LogP contribution in [0.1, 0.15) is 18.9 Å². The summed E-state index contributed by atoms with van der Waals surface area (Å²) in [6, 6.07) is 4.79. The second-order valence-corrected chi connectivity index (χ2v) is 4.59. The number of carbonyl (C=O) groups excluding carboxylic acids is 1. The Bertz CT molecular complexity index is 477. The number of rotatable bonds is 6. The number of hydrogen-bond donors (Lipinski definition) is 1. The minimum Gasteiger partial charge on any atom is -0.490 e. The van der Waals surface area contributed by atoms with Crippen LogP contribution < -0.4 is 4.74 Å². The fraction of sp³-hybridized carbons (Fsp3) is 0.500. The molecule has 0 bridgehead atoms. The van der Waals surface area contributed by atoms with Crippen LogP contribution >= 0.6 is 0 Å². The average molecular weight is 305 g/mol. The third-order valence-corrected chi connectivity index (χ3v) is 2.84. The van der Waals surface area contributed by atoms with Gasteiger partial charge in [0, 0.05) is 20.0 Å². The number of benzene rings is 1. The summed E-state index contributed by atoms with van der Waals surface area (Å²) in [4.78, 5) is 12.6. The van der Waals surface area contributed by atoms with Gasteiger partial charge < -0.3 is 14.7 Å². The number of aliphatic hydroxyl groups excluding tert-OH is 1. The van der Waals surface area contributed by atoms with Crippen molar-refractivity contribution in [2.45, 2.75) is 25.6 Å². The number of hydrogen-bond acceptors (Lipinski definition) is 3. The highest BCUT2D eigenvalue weighted by Gasteiger charge is 2.34. The van der Waals surface area contributed by atoms with E-state index in [-0.39, 0.29) is 24.8 Å². The summed E-state index contributed by atoms with van der Waals surface area (Å²) in [6.45, 7) is 1.36. The van der Waals surface area contributed by atoms with E-state index in [2.05, 4.69) is 0 Å². The number of carbonyl (C=O) groups is 1. The molecule has 0 spiro atoms. The molecule has 1 aromatic carbocycles. The van der Waals surface area contributed by atoms with Crippen molar-refractivity contribution in [2.24, 2.45) is 0 Å². The predicted octanol–water partition coefficient (Wildman–Crippen LogP) is 2.31. The van der Waals surface area contributed by atoms with Crippen molar-refractivity contribution in [3.63, 3.8) is 0 Å². The fourth-order valence-corrected chi connectivity index (χ4v) is 1.75. The van der Waals surface area contributed by atoms with E-state index in [1.807, 2.05) is 0 Å². The van der Waals surface area contributed by atoms with Crippen molar-refractivity contribution >= 4 is 5.91 Å². The molecule has 0 aliphatic carbocycles. The quantitative estimate of drug-likeness (QED) is 0.877. The Balaban J connectivity index is 2.62. The molecule has 1 aromatic rings. The molecule has 1 atom stereocenters. The van der Waals surface area contributed by atoms with Crippen LogP contribution in [0.2, 0.25) is 0 Å². The van der Waals surface area contributed by atoms with Crippen LogP contribution in [0.3, 0.4) is 0 Å². The third-order valence-electron chi connectivity index (χ3n) is 2.84. The Morgan fingerprint density at radius 2 is 2.00 bits per heavy atom. The maximum atomic E-state index is 12.7. The fourth-order valence-electron chi connectivity index (χ4n) is 1.75. The minimum atomic E-state index is -4.52. The Labute approximate surface area is 121 Å². The van der Waals surface area contributed by atoms with Gasteiger partial charge in [-0.15, -0.1) is 0 Å². The number of aliphatic hydroxyl groups is 1. The Hall–Kier alpha value is -1.76. The molecule has 1 amide bonds. The molecule has 0 fully saturated rings. The van der Waals surface area contributed by atoms with Crippen LogP contribution in [0, 0.1) is 0 Å². The molecule has 0 aliphatic heterocycles. The SMILES string of the molecule is CCC(=O)N(C)CC(O)COc1ccccc1C(F)(F)F. The van der Waals surface area contributed by atoms with E-state index in [0.29, 0.717) is 6.42 Å². The first-order valence-corrected chi connectivity index (χ1v) is 6.46. The average Bonchev–Trinajstić information content (AvgIpc) is 2.43. The van der Waals surface area contributed by atoms with E-state index >= 15 is 0 Å². The Morgan fingerprint density at radius 3 is 2.57 bits per heavy atom. The van der Waals surface area contributed by atoms with Gasteiger partial charge in [-0.05, 0) is 12.1 Å². The molecule has 7 heteroatoms. The standard InChI is InChI=1S/C14H18F3NO3/c1-3-13(20)18(2)8-10(19)9-21-12-7-5-4-6-11(12)14(15,16)17/h4-7,10,19H,3,8-9H2,1-2H3. The molecule has 0 aliphatic rings. The van der Waals surface area contributed by atoms with Crippen molar-refractivity contribution in [3.8, 4) is 5.75 Å². The molecular formula is C14H18F3NO3. The van der Waals surface area contributed by atoms with Gasteiger partial charge in [-0.2, -0.15) is 13.2 Å². The third kappa shape index (κ3) is 5.26. The van der Waals surface area contributed by atoms with Gasteiger partial charge in [0.25, 0.3) is 0 Å². The molecular weight excluding hydrogens is 287 g/mol. The number of likely N-dealkylation sites (N-methyl/N-ethyl adjacent to an activating group) is 1. The number of ether oxygens (including phenoxy) is 1. The smallest absolute Gasteiger partial charge is 0.419 e. The van der Waals surface area contributed by atoms with Gasteiger partial charge in [0.1, 0.15) is 18.5 Å². The Morgan fingerprint density at radius 1 is 1.38 bits per heavy atom. The summed E-state index contributed by atoms with van der Waals surface area (Å²) >= 11 is 0. The topological polar surface area (TPSA) is 49.8 Å². The van der Waals surface area contributed by atoms with Crippen LogP contribution in [0.4, 0.5) is 13.2 Å². The van der Waals surface area contributed by atoms with E-state index < -0.39 is 17.8 Å². The molecule has 0 aromatic heterocycles. The maximum absolute atomic E-state index is 12.7. The second kappa shape index (κ2) is 7.31. The first kappa shape index (κ1) is 17.3. The Kier molecular flexibility index (Phi) is 6.02. The molecule has 0 radical (unpaired) electrons. The minimum absolute atomic E-state index is 0.000851. The second-order valence-electron chi connectivity index (χ2n) is 4.59. The molecule has 1 N–H and O–H groups in total. The van der Waals surface area contributed by atoms with E-state index in [1.165, 1.54) is 30.1 Å². The molecule has 0 saturated heterocycles. The summed E-state index contributed by atoms with van der Waals surface area (Å²) in [5, 5.41) is 9.72. The molecule has 1 rings (SSSR count). The zero-order valence-corrected chi connectivity index (χ0v) is 11.9. The van der Waals surface area contributed by atoms with Crippen molar-refractivity contribution < 1.29 is 27.8 Å². The molecule has 21 heavy (non-hydrogen) atoms. The van der Waals surface area contributed by atoms with Crippen LogP contribution in [0.5, 0.6) is 5.75 Å². The zero-order valence-electron chi connectivity index (χ0n) is 11.9. The summed E-state index contributed by atoms with van der Waals surface area (Å²) in [6.07, 6.45) is -5.29. The van der Waals surface area contributed by atoms with Crippen LogP contribution in [0.25, 0.3) is 0 Å². The van der Waals surface area contributed by atoms with Gasteiger partial charge in [-0.3, -0.25) is 4.79 Å². The molecule has 0 heterocycles. The van der Waals surface area contributed by atoms with E-state index in [9.17, 15) is 23.1 Å².